The maximum Gasteiger partial charge on any atom is 0.161 e. The molecule has 8 heteroatoms. The van der Waals surface area contributed by atoms with Gasteiger partial charge in [0, 0.05) is 5.25 Å². The molecule has 1 saturated heterocycles. The van der Waals surface area contributed by atoms with Crippen LogP contribution in [0.5, 0.6) is 0 Å². The number of amidine groups is 1. The summed E-state index contributed by atoms with van der Waals surface area (Å²) in [4.78, 5) is 4.40. The van der Waals surface area contributed by atoms with Crippen LogP contribution in [0, 0.1) is 0 Å². The number of rotatable bonds is 1. The predicted molar refractivity (Wildman–Crippen MR) is 81.3 cm³/mol. The smallest absolute Gasteiger partial charge is 0.161 e. The van der Waals surface area contributed by atoms with Crippen LogP contribution in [0.1, 0.15) is 0 Å². The second-order valence-electron chi connectivity index (χ2n) is 4.46. The Kier molecular flexibility index (Phi) is 3.45. The molecule has 1 aromatic carbocycles. The summed E-state index contributed by atoms with van der Waals surface area (Å²) in [6.07, 6.45) is 0. The minimum atomic E-state index is -2.93. The molecule has 2 aliphatic rings. The molecular formula is C11H10Cl2N2O2S2. The normalized spacial score (nSPS) is 28.0. The first-order valence-electron chi connectivity index (χ1n) is 5.60. The average molecular weight is 337 g/mol. The van der Waals surface area contributed by atoms with Gasteiger partial charge >= 0.3 is 0 Å². The Morgan fingerprint density at radius 1 is 1.26 bits per heavy atom. The number of sulfone groups is 1. The fourth-order valence-corrected chi connectivity index (χ4v) is 6.29. The van der Waals surface area contributed by atoms with Crippen LogP contribution >= 0.6 is 35.0 Å². The van der Waals surface area contributed by atoms with Crippen LogP contribution < -0.4 is 5.32 Å². The summed E-state index contributed by atoms with van der Waals surface area (Å²) in [5.41, 5.74) is 0.611. The number of hydrogen-bond acceptors (Lipinski definition) is 5. The quantitative estimate of drug-likeness (QED) is 0.856. The van der Waals surface area contributed by atoms with Crippen molar-refractivity contribution in [1.29, 1.82) is 0 Å². The lowest BCUT2D eigenvalue weighted by Gasteiger charge is -2.10. The molecule has 0 amide bonds. The molecule has 102 valence electrons. The first-order chi connectivity index (χ1) is 8.94. The predicted octanol–water partition coefficient (Wildman–Crippen LogP) is 2.67. The Bertz CT molecular complexity index is 640. The molecule has 0 radical (unpaired) electrons. The maximum absolute atomic E-state index is 11.5. The van der Waals surface area contributed by atoms with Gasteiger partial charge < -0.3 is 5.32 Å². The molecule has 0 aliphatic carbocycles. The number of para-hydroxylation sites is 1. The minimum Gasteiger partial charge on any atom is -0.333 e. The summed E-state index contributed by atoms with van der Waals surface area (Å²) < 4.78 is 22.9. The van der Waals surface area contributed by atoms with Crippen molar-refractivity contribution in [3.8, 4) is 0 Å². The van der Waals surface area contributed by atoms with Crippen LogP contribution in [0.25, 0.3) is 0 Å². The molecule has 1 fully saturated rings. The number of anilines is 1. The lowest BCUT2D eigenvalue weighted by molar-refractivity contribution is 0.601. The van der Waals surface area contributed by atoms with Gasteiger partial charge in [-0.1, -0.05) is 41.0 Å². The highest BCUT2D eigenvalue weighted by molar-refractivity contribution is 8.15. The third-order valence-corrected chi connectivity index (χ3v) is 6.78. The van der Waals surface area contributed by atoms with Crippen LogP contribution in [-0.4, -0.2) is 36.4 Å². The first-order valence-corrected chi connectivity index (χ1v) is 9.06. The van der Waals surface area contributed by atoms with E-state index in [1.165, 1.54) is 11.8 Å². The Morgan fingerprint density at radius 2 is 1.95 bits per heavy atom. The third kappa shape index (κ3) is 2.72. The number of halogens is 2. The minimum absolute atomic E-state index is 0.00811. The highest BCUT2D eigenvalue weighted by Gasteiger charge is 2.42. The standard InChI is InChI=1S/C11H10Cl2N2O2S2/c12-6-2-1-3-7(13)10(6)15-11-14-8-4-19(16,17)5-9(8)18-11/h1-3,8-9H,4-5H2,(H,14,15)/t8-,9-/m0/s1. The average Bonchev–Trinajstić information content (AvgIpc) is 2.76. The van der Waals surface area contributed by atoms with Gasteiger partial charge in [-0.2, -0.15) is 0 Å². The van der Waals surface area contributed by atoms with Crippen LogP contribution in [0.3, 0.4) is 0 Å². The summed E-state index contributed by atoms with van der Waals surface area (Å²) in [6.45, 7) is 0. The largest absolute Gasteiger partial charge is 0.333 e. The Labute approximate surface area is 125 Å². The molecule has 2 aliphatic heterocycles. The molecular weight excluding hydrogens is 327 g/mol. The SMILES string of the molecule is O=S1(=O)C[C@@H]2N=C(Nc3c(Cl)cccc3Cl)S[C@H]2C1. The molecule has 2 atom stereocenters. The van der Waals surface area contributed by atoms with E-state index in [-0.39, 0.29) is 22.8 Å². The molecule has 0 aromatic heterocycles. The van der Waals surface area contributed by atoms with Gasteiger partial charge in [0.1, 0.15) is 0 Å². The lowest BCUT2D eigenvalue weighted by Crippen LogP contribution is -2.13. The molecule has 1 aromatic rings. The summed E-state index contributed by atoms with van der Waals surface area (Å²) in [6, 6.07) is 5.09. The van der Waals surface area contributed by atoms with Crippen LogP contribution in [-0.2, 0) is 9.84 Å². The van der Waals surface area contributed by atoms with E-state index in [1.54, 1.807) is 18.2 Å². The topological polar surface area (TPSA) is 58.5 Å². The van der Waals surface area contributed by atoms with Crippen molar-refractivity contribution in [2.45, 2.75) is 11.3 Å². The number of fused-ring (bicyclic) bond motifs is 1. The molecule has 4 nitrogen and oxygen atoms in total. The maximum atomic E-state index is 11.5. The number of thioether (sulfide) groups is 1. The number of hydrogen-bond donors (Lipinski definition) is 1. The molecule has 0 spiro atoms. The van der Waals surface area contributed by atoms with Gasteiger partial charge in [-0.05, 0) is 12.1 Å². The van der Waals surface area contributed by atoms with E-state index in [4.69, 9.17) is 23.2 Å². The zero-order valence-corrected chi connectivity index (χ0v) is 12.8. The number of benzene rings is 1. The summed E-state index contributed by atoms with van der Waals surface area (Å²) in [5, 5.41) is 4.80. The molecule has 19 heavy (non-hydrogen) atoms. The van der Waals surface area contributed by atoms with Crippen molar-refractivity contribution in [3.05, 3.63) is 28.2 Å². The third-order valence-electron chi connectivity index (χ3n) is 3.01. The van der Waals surface area contributed by atoms with Gasteiger partial charge in [0.25, 0.3) is 0 Å². The van der Waals surface area contributed by atoms with Crippen LogP contribution in [0.4, 0.5) is 5.69 Å². The zero-order chi connectivity index (χ0) is 13.6. The van der Waals surface area contributed by atoms with E-state index in [0.29, 0.717) is 20.9 Å². The summed E-state index contributed by atoms with van der Waals surface area (Å²) in [5.74, 6) is 0.319. The molecule has 1 N–H and O–H groups in total. The number of nitrogens with one attached hydrogen (secondary N) is 1. The van der Waals surface area contributed by atoms with Gasteiger partial charge in [0.05, 0.1) is 33.3 Å². The fraction of sp³-hybridized carbons (Fsp3) is 0.364. The molecule has 3 rings (SSSR count). The van der Waals surface area contributed by atoms with Crippen molar-refractivity contribution in [1.82, 2.24) is 0 Å². The van der Waals surface area contributed by atoms with Crippen molar-refractivity contribution in [2.75, 3.05) is 16.8 Å². The first kappa shape index (κ1) is 13.5. The van der Waals surface area contributed by atoms with Gasteiger partial charge in [-0.25, -0.2) is 8.42 Å². The van der Waals surface area contributed by atoms with Gasteiger partial charge in [-0.3, -0.25) is 4.99 Å². The molecule has 0 unspecified atom stereocenters. The molecule has 0 saturated carbocycles. The summed E-state index contributed by atoms with van der Waals surface area (Å²) in [7, 11) is -2.93. The zero-order valence-electron chi connectivity index (χ0n) is 9.64. The second kappa shape index (κ2) is 4.84. The van der Waals surface area contributed by atoms with Crippen molar-refractivity contribution < 1.29 is 8.42 Å². The van der Waals surface area contributed by atoms with Gasteiger partial charge in [0.15, 0.2) is 15.0 Å². The van der Waals surface area contributed by atoms with Crippen molar-refractivity contribution in [2.24, 2.45) is 4.99 Å². The van der Waals surface area contributed by atoms with Crippen molar-refractivity contribution >= 4 is 55.7 Å². The van der Waals surface area contributed by atoms with E-state index >= 15 is 0 Å². The second-order valence-corrected chi connectivity index (χ2v) is 8.65. The van der Waals surface area contributed by atoms with Crippen LogP contribution in [0.15, 0.2) is 23.2 Å². The van der Waals surface area contributed by atoms with E-state index in [0.717, 1.165) is 0 Å². The Balaban J connectivity index is 1.80. The van der Waals surface area contributed by atoms with Gasteiger partial charge in [-0.15, -0.1) is 0 Å². The van der Waals surface area contributed by atoms with Crippen molar-refractivity contribution in [3.63, 3.8) is 0 Å². The highest BCUT2D eigenvalue weighted by atomic mass is 35.5. The Morgan fingerprint density at radius 3 is 2.58 bits per heavy atom. The van der Waals surface area contributed by atoms with Gasteiger partial charge in [0.2, 0.25) is 0 Å². The molecule has 2 heterocycles. The van der Waals surface area contributed by atoms with E-state index in [1.807, 2.05) is 0 Å². The van der Waals surface area contributed by atoms with E-state index < -0.39 is 9.84 Å². The van der Waals surface area contributed by atoms with E-state index in [2.05, 4.69) is 10.3 Å². The lowest BCUT2D eigenvalue weighted by atomic mass is 10.3. The fourth-order valence-electron chi connectivity index (χ4n) is 2.14. The number of nitrogens with zero attached hydrogens (tertiary/aromatic N) is 1. The van der Waals surface area contributed by atoms with E-state index in [9.17, 15) is 8.42 Å². The monoisotopic (exact) mass is 336 g/mol. The summed E-state index contributed by atoms with van der Waals surface area (Å²) >= 11 is 13.6. The highest BCUT2D eigenvalue weighted by Crippen LogP contribution is 2.37. The number of aliphatic imine (C=N–C) groups is 1. The van der Waals surface area contributed by atoms with Crippen LogP contribution in [0.2, 0.25) is 10.0 Å². The molecule has 0 bridgehead atoms. The Hall–Kier alpha value is -0.430.